The second kappa shape index (κ2) is 7.01. The highest BCUT2D eigenvalue weighted by Crippen LogP contribution is 2.37. The monoisotopic (exact) mass is 308 g/mol. The zero-order chi connectivity index (χ0) is 14.5. The largest absolute Gasteiger partial charge is 0.455 e. The summed E-state index contributed by atoms with van der Waals surface area (Å²) in [6.45, 7) is 4.36. The average molecular weight is 309 g/mol. The molecule has 2 aromatic carbocycles. The molecule has 2 rings (SSSR count). The van der Waals surface area contributed by atoms with Gasteiger partial charge in [-0.15, -0.1) is 11.6 Å². The summed E-state index contributed by atoms with van der Waals surface area (Å²) in [5.74, 6) is 2.32. The molecule has 0 aliphatic rings. The van der Waals surface area contributed by atoms with Gasteiger partial charge in [-0.25, -0.2) is 0 Å². The second-order valence-electron chi connectivity index (χ2n) is 4.81. The fourth-order valence-corrected chi connectivity index (χ4v) is 2.53. The Balaban J connectivity index is 2.40. The first-order valence-corrected chi connectivity index (χ1v) is 7.68. The Bertz CT molecular complexity index is 581. The summed E-state index contributed by atoms with van der Waals surface area (Å²) in [6.07, 6.45) is 1.06. The van der Waals surface area contributed by atoms with Gasteiger partial charge >= 0.3 is 0 Å². The van der Waals surface area contributed by atoms with Crippen LogP contribution in [0.15, 0.2) is 42.5 Å². The van der Waals surface area contributed by atoms with Crippen molar-refractivity contribution in [3.8, 4) is 11.5 Å². The maximum Gasteiger partial charge on any atom is 0.150 e. The van der Waals surface area contributed by atoms with Crippen LogP contribution >= 0.6 is 23.2 Å². The van der Waals surface area contributed by atoms with Crippen molar-refractivity contribution in [3.05, 3.63) is 58.6 Å². The number of rotatable bonds is 5. The van der Waals surface area contributed by atoms with Crippen LogP contribution in [0.3, 0.4) is 0 Å². The van der Waals surface area contributed by atoms with Crippen LogP contribution in [0, 0.1) is 0 Å². The van der Waals surface area contributed by atoms with Crippen molar-refractivity contribution in [2.75, 3.05) is 0 Å². The summed E-state index contributed by atoms with van der Waals surface area (Å²) in [6, 6.07) is 13.7. The van der Waals surface area contributed by atoms with Gasteiger partial charge in [0.2, 0.25) is 0 Å². The zero-order valence-corrected chi connectivity index (χ0v) is 13.2. The van der Waals surface area contributed by atoms with Gasteiger partial charge in [0, 0.05) is 5.56 Å². The second-order valence-corrected chi connectivity index (χ2v) is 5.49. The van der Waals surface area contributed by atoms with E-state index in [4.69, 9.17) is 27.9 Å². The standard InChI is InChI=1S/C17H18Cl2O/c1-3-12(2)14-8-4-5-10-16(14)20-17-13(11-18)7-6-9-15(17)19/h4-10,12H,3,11H2,1-2H3. The lowest BCUT2D eigenvalue weighted by Gasteiger charge is -2.17. The molecule has 0 radical (unpaired) electrons. The van der Waals surface area contributed by atoms with E-state index in [-0.39, 0.29) is 0 Å². The van der Waals surface area contributed by atoms with Gasteiger partial charge in [0.25, 0.3) is 0 Å². The molecule has 1 nitrogen and oxygen atoms in total. The summed E-state index contributed by atoms with van der Waals surface area (Å²) in [7, 11) is 0. The van der Waals surface area contributed by atoms with Crippen LogP contribution in [0.25, 0.3) is 0 Å². The van der Waals surface area contributed by atoms with Crippen LogP contribution in [-0.2, 0) is 5.88 Å². The Hall–Kier alpha value is -1.18. The maximum absolute atomic E-state index is 6.24. The third kappa shape index (κ3) is 3.28. The van der Waals surface area contributed by atoms with Crippen molar-refractivity contribution >= 4 is 23.2 Å². The van der Waals surface area contributed by atoms with E-state index in [1.54, 1.807) is 0 Å². The molecule has 0 heterocycles. The molecule has 20 heavy (non-hydrogen) atoms. The van der Waals surface area contributed by atoms with Crippen molar-refractivity contribution in [1.29, 1.82) is 0 Å². The predicted octanol–water partition coefficient (Wildman–Crippen LogP) is 6.38. The van der Waals surface area contributed by atoms with Crippen LogP contribution in [-0.4, -0.2) is 0 Å². The number of para-hydroxylation sites is 2. The van der Waals surface area contributed by atoms with Crippen molar-refractivity contribution in [1.82, 2.24) is 0 Å². The van der Waals surface area contributed by atoms with E-state index >= 15 is 0 Å². The summed E-state index contributed by atoms with van der Waals surface area (Å²) in [5.41, 5.74) is 2.09. The Labute approximate surface area is 130 Å². The summed E-state index contributed by atoms with van der Waals surface area (Å²) in [5, 5.41) is 0.585. The van der Waals surface area contributed by atoms with Crippen molar-refractivity contribution in [2.24, 2.45) is 0 Å². The topological polar surface area (TPSA) is 9.23 Å². The Morgan fingerprint density at radius 3 is 2.55 bits per heavy atom. The third-order valence-corrected chi connectivity index (χ3v) is 4.05. The number of benzene rings is 2. The van der Waals surface area contributed by atoms with Gasteiger partial charge in [-0.1, -0.05) is 55.8 Å². The van der Waals surface area contributed by atoms with Crippen LogP contribution in [0.2, 0.25) is 5.02 Å². The molecule has 0 spiro atoms. The highest BCUT2D eigenvalue weighted by Gasteiger charge is 2.14. The molecule has 0 N–H and O–H groups in total. The first-order chi connectivity index (χ1) is 9.67. The molecular weight excluding hydrogens is 291 g/mol. The Kier molecular flexibility index (Phi) is 5.33. The normalized spacial score (nSPS) is 12.2. The minimum Gasteiger partial charge on any atom is -0.455 e. The smallest absolute Gasteiger partial charge is 0.150 e. The highest BCUT2D eigenvalue weighted by molar-refractivity contribution is 6.32. The lowest BCUT2D eigenvalue weighted by atomic mass is 9.98. The van der Waals surface area contributed by atoms with E-state index in [0.717, 1.165) is 17.7 Å². The van der Waals surface area contributed by atoms with Crippen LogP contribution in [0.1, 0.15) is 37.3 Å². The van der Waals surface area contributed by atoms with E-state index in [1.165, 1.54) is 5.56 Å². The van der Waals surface area contributed by atoms with E-state index in [1.807, 2.05) is 36.4 Å². The molecule has 1 unspecified atom stereocenters. The van der Waals surface area contributed by atoms with Gasteiger partial charge in [-0.3, -0.25) is 0 Å². The minimum atomic E-state index is 0.376. The van der Waals surface area contributed by atoms with Crippen molar-refractivity contribution in [3.63, 3.8) is 0 Å². The Morgan fingerprint density at radius 2 is 1.85 bits per heavy atom. The number of alkyl halides is 1. The molecule has 0 aromatic heterocycles. The van der Waals surface area contributed by atoms with E-state index < -0.39 is 0 Å². The first-order valence-electron chi connectivity index (χ1n) is 6.77. The van der Waals surface area contributed by atoms with Crippen LogP contribution < -0.4 is 4.74 Å². The lowest BCUT2D eigenvalue weighted by Crippen LogP contribution is -1.98. The summed E-state index contributed by atoms with van der Waals surface area (Å²) in [4.78, 5) is 0. The molecular formula is C17H18Cl2O. The molecule has 0 fully saturated rings. The van der Waals surface area contributed by atoms with E-state index in [2.05, 4.69) is 19.9 Å². The van der Waals surface area contributed by atoms with E-state index in [0.29, 0.717) is 22.6 Å². The summed E-state index contributed by atoms with van der Waals surface area (Å²) >= 11 is 12.2. The third-order valence-electron chi connectivity index (χ3n) is 3.47. The van der Waals surface area contributed by atoms with Gasteiger partial charge in [0.05, 0.1) is 10.9 Å². The molecule has 1 atom stereocenters. The fourth-order valence-electron chi connectivity index (χ4n) is 2.08. The van der Waals surface area contributed by atoms with Crippen molar-refractivity contribution in [2.45, 2.75) is 32.1 Å². The predicted molar refractivity (Wildman–Crippen MR) is 86.2 cm³/mol. The molecule has 0 amide bonds. The number of halogens is 2. The Morgan fingerprint density at radius 1 is 1.10 bits per heavy atom. The average Bonchev–Trinajstić information content (AvgIpc) is 2.49. The molecule has 0 bridgehead atoms. The highest BCUT2D eigenvalue weighted by atomic mass is 35.5. The van der Waals surface area contributed by atoms with Gasteiger partial charge in [-0.05, 0) is 30.0 Å². The maximum atomic E-state index is 6.24. The quantitative estimate of drug-likeness (QED) is 0.582. The molecule has 0 aliphatic heterocycles. The molecule has 3 heteroatoms. The van der Waals surface area contributed by atoms with Crippen LogP contribution in [0.4, 0.5) is 0 Å². The zero-order valence-electron chi connectivity index (χ0n) is 11.7. The number of hydrogen-bond acceptors (Lipinski definition) is 1. The minimum absolute atomic E-state index is 0.376. The van der Waals surface area contributed by atoms with Gasteiger partial charge in [0.1, 0.15) is 11.5 Å². The molecule has 0 saturated carbocycles. The molecule has 0 aliphatic carbocycles. The molecule has 0 saturated heterocycles. The van der Waals surface area contributed by atoms with Crippen molar-refractivity contribution < 1.29 is 4.74 Å². The van der Waals surface area contributed by atoms with Gasteiger partial charge < -0.3 is 4.74 Å². The lowest BCUT2D eigenvalue weighted by molar-refractivity contribution is 0.466. The fraction of sp³-hybridized carbons (Fsp3) is 0.294. The molecule has 106 valence electrons. The number of hydrogen-bond donors (Lipinski definition) is 0. The van der Waals surface area contributed by atoms with Gasteiger partial charge in [0.15, 0.2) is 0 Å². The van der Waals surface area contributed by atoms with E-state index in [9.17, 15) is 0 Å². The SMILES string of the molecule is CCC(C)c1ccccc1Oc1c(Cl)cccc1CCl. The first kappa shape index (κ1) is 15.2. The van der Waals surface area contributed by atoms with Crippen LogP contribution in [0.5, 0.6) is 11.5 Å². The molecule has 2 aromatic rings. The van der Waals surface area contributed by atoms with Gasteiger partial charge in [-0.2, -0.15) is 0 Å². The summed E-state index contributed by atoms with van der Waals surface area (Å²) < 4.78 is 6.07. The number of ether oxygens (including phenoxy) is 1.